The van der Waals surface area contributed by atoms with Crippen molar-refractivity contribution in [3.05, 3.63) is 35.6 Å². The average Bonchev–Trinajstić information content (AvgIpc) is 3.04. The molecule has 3 rings (SSSR count). The zero-order chi connectivity index (χ0) is 15.8. The number of hydrazine groups is 1. The van der Waals surface area contributed by atoms with Crippen molar-refractivity contribution in [2.75, 3.05) is 13.2 Å². The molecule has 0 amide bonds. The zero-order valence-electron chi connectivity index (χ0n) is 13.2. The smallest absolute Gasteiger partial charge is 0.123 e. The van der Waals surface area contributed by atoms with Crippen LogP contribution in [0, 0.1) is 17.2 Å². The maximum atomic E-state index is 13.1. The molecule has 120 valence electrons. The molecule has 0 radical (unpaired) electrons. The van der Waals surface area contributed by atoms with Gasteiger partial charge in [0, 0.05) is 6.54 Å². The number of rotatable bonds is 4. The predicted molar refractivity (Wildman–Crippen MR) is 84.8 cm³/mol. The van der Waals surface area contributed by atoms with Crippen LogP contribution in [0.5, 0.6) is 0 Å². The molecule has 1 saturated carbocycles. The van der Waals surface area contributed by atoms with E-state index >= 15 is 0 Å². The molecule has 1 aliphatic heterocycles. The Morgan fingerprint density at radius 1 is 1.36 bits per heavy atom. The minimum absolute atomic E-state index is 0.151. The van der Waals surface area contributed by atoms with E-state index in [-0.39, 0.29) is 17.2 Å². The van der Waals surface area contributed by atoms with E-state index in [0.29, 0.717) is 13.2 Å². The van der Waals surface area contributed by atoms with Crippen LogP contribution >= 0.6 is 0 Å². The average molecular weight is 305 g/mol. The molecule has 2 N–H and O–H groups in total. The number of nitrogens with one attached hydrogen (secondary N) is 1. The van der Waals surface area contributed by atoms with Crippen LogP contribution in [0.2, 0.25) is 0 Å². The van der Waals surface area contributed by atoms with Gasteiger partial charge in [0.1, 0.15) is 12.5 Å². The van der Waals surface area contributed by atoms with Crippen molar-refractivity contribution in [1.82, 2.24) is 10.4 Å². The number of aliphatic hydroxyl groups is 1. The number of nitrogens with zero attached hydrogens (tertiary/aromatic N) is 2. The van der Waals surface area contributed by atoms with Crippen molar-refractivity contribution in [2.45, 2.75) is 38.7 Å². The molecule has 1 aromatic rings. The first-order chi connectivity index (χ1) is 10.4. The molecule has 1 fully saturated rings. The number of β-amino-alcohol motifs (C(OH)–C–C–N with tert-alkyl or cyclic N) is 1. The third kappa shape index (κ3) is 2.75. The Kier molecular flexibility index (Phi) is 3.95. The molecule has 2 atom stereocenters. The van der Waals surface area contributed by atoms with Crippen molar-refractivity contribution in [3.63, 3.8) is 0 Å². The Labute approximate surface area is 131 Å². The maximum Gasteiger partial charge on any atom is 0.123 e. The Balaban J connectivity index is 1.77. The van der Waals surface area contributed by atoms with Crippen LogP contribution in [0.4, 0.5) is 4.39 Å². The van der Waals surface area contributed by atoms with Gasteiger partial charge in [-0.2, -0.15) is 5.01 Å². The quantitative estimate of drug-likeness (QED) is 0.897. The molecule has 0 bridgehead atoms. The Bertz CT molecular complexity index is 550. The lowest BCUT2D eigenvalue weighted by Gasteiger charge is -2.43. The van der Waals surface area contributed by atoms with Crippen LogP contribution in [0.3, 0.4) is 0 Å². The highest BCUT2D eigenvalue weighted by atomic mass is 19.1. The van der Waals surface area contributed by atoms with Gasteiger partial charge >= 0.3 is 0 Å². The number of hydrogen-bond acceptors (Lipinski definition) is 4. The predicted octanol–water partition coefficient (Wildman–Crippen LogP) is 2.34. The highest BCUT2D eigenvalue weighted by Crippen LogP contribution is 2.51. The van der Waals surface area contributed by atoms with E-state index in [1.165, 1.54) is 12.1 Å². The molecular weight excluding hydrogens is 281 g/mol. The first-order valence-electron chi connectivity index (χ1n) is 7.87. The van der Waals surface area contributed by atoms with Crippen molar-refractivity contribution in [1.29, 1.82) is 0 Å². The molecule has 2 aliphatic rings. The molecular formula is C17H24FN3O. The van der Waals surface area contributed by atoms with Gasteiger partial charge in [0.15, 0.2) is 0 Å². The zero-order valence-corrected chi connectivity index (χ0v) is 13.2. The number of halogens is 1. The molecule has 1 heterocycles. The van der Waals surface area contributed by atoms with E-state index in [9.17, 15) is 9.50 Å². The van der Waals surface area contributed by atoms with Crippen LogP contribution in [0.25, 0.3) is 0 Å². The van der Waals surface area contributed by atoms with Gasteiger partial charge in [0.25, 0.3) is 0 Å². The molecule has 0 unspecified atom stereocenters. The summed E-state index contributed by atoms with van der Waals surface area (Å²) in [6, 6.07) is 6.62. The molecule has 4 nitrogen and oxygen atoms in total. The lowest BCUT2D eigenvalue weighted by Crippen LogP contribution is -2.55. The van der Waals surface area contributed by atoms with Gasteiger partial charge in [-0.1, -0.05) is 26.0 Å². The minimum atomic E-state index is -0.790. The van der Waals surface area contributed by atoms with Crippen LogP contribution in [0.1, 0.15) is 32.3 Å². The molecule has 22 heavy (non-hydrogen) atoms. The lowest BCUT2D eigenvalue weighted by molar-refractivity contribution is -0.0987. The van der Waals surface area contributed by atoms with Crippen molar-refractivity contribution < 1.29 is 9.50 Å². The summed E-state index contributed by atoms with van der Waals surface area (Å²) in [6.45, 7) is 5.39. The topological polar surface area (TPSA) is 47.9 Å². The van der Waals surface area contributed by atoms with Crippen molar-refractivity contribution >= 4 is 6.34 Å². The number of aliphatic imine (C=N–C) groups is 1. The van der Waals surface area contributed by atoms with Crippen LogP contribution in [0.15, 0.2) is 29.3 Å². The third-order valence-electron chi connectivity index (χ3n) is 5.38. The Hall–Kier alpha value is -1.46. The SMILES string of the molecule is CC1(C)CC[C@@H](Cc2ccc(F)cc2)[C@]1(O)CN1CN=CN1. The Morgan fingerprint density at radius 3 is 2.73 bits per heavy atom. The van der Waals surface area contributed by atoms with Crippen molar-refractivity contribution in [3.8, 4) is 0 Å². The highest BCUT2D eigenvalue weighted by Gasteiger charge is 2.54. The first kappa shape index (κ1) is 15.4. The van der Waals surface area contributed by atoms with Gasteiger partial charge in [-0.15, -0.1) is 0 Å². The van der Waals surface area contributed by atoms with E-state index in [2.05, 4.69) is 24.3 Å². The van der Waals surface area contributed by atoms with Gasteiger partial charge in [0.2, 0.25) is 0 Å². The highest BCUT2D eigenvalue weighted by molar-refractivity contribution is 5.55. The van der Waals surface area contributed by atoms with E-state index in [4.69, 9.17) is 0 Å². The molecule has 0 spiro atoms. The molecule has 0 aromatic heterocycles. The summed E-state index contributed by atoms with van der Waals surface area (Å²) in [6.07, 6.45) is 4.41. The van der Waals surface area contributed by atoms with Crippen LogP contribution < -0.4 is 5.43 Å². The number of benzene rings is 1. The monoisotopic (exact) mass is 305 g/mol. The minimum Gasteiger partial charge on any atom is -0.388 e. The van der Waals surface area contributed by atoms with E-state index in [1.54, 1.807) is 6.34 Å². The summed E-state index contributed by atoms with van der Waals surface area (Å²) in [4.78, 5) is 4.14. The van der Waals surface area contributed by atoms with Gasteiger partial charge in [-0.25, -0.2) is 4.39 Å². The fourth-order valence-corrected chi connectivity index (χ4v) is 3.75. The van der Waals surface area contributed by atoms with Crippen LogP contribution in [-0.4, -0.2) is 35.3 Å². The lowest BCUT2D eigenvalue weighted by atomic mass is 9.72. The largest absolute Gasteiger partial charge is 0.388 e. The third-order valence-corrected chi connectivity index (χ3v) is 5.38. The van der Waals surface area contributed by atoms with E-state index < -0.39 is 5.60 Å². The van der Waals surface area contributed by atoms with Gasteiger partial charge in [0.05, 0.1) is 11.9 Å². The van der Waals surface area contributed by atoms with Gasteiger partial charge < -0.3 is 10.5 Å². The fraction of sp³-hybridized carbons (Fsp3) is 0.588. The Morgan fingerprint density at radius 2 is 2.09 bits per heavy atom. The fourth-order valence-electron chi connectivity index (χ4n) is 3.75. The summed E-state index contributed by atoms with van der Waals surface area (Å²) < 4.78 is 13.1. The standard InChI is InChI=1S/C17H24FN3O/c1-16(2)8-7-14(9-13-3-5-15(18)6-4-13)17(16,22)10-21-12-19-11-20-21/h3-6,11,14,22H,7-10,12H2,1-2H3,(H,19,20)/t14-,17+/m0/s1. The normalized spacial score (nSPS) is 30.6. The summed E-state index contributed by atoms with van der Waals surface area (Å²) in [5.41, 5.74) is 3.21. The van der Waals surface area contributed by atoms with Gasteiger partial charge in [-0.05, 0) is 48.3 Å². The second-order valence-corrected chi connectivity index (χ2v) is 7.15. The summed E-state index contributed by atoms with van der Waals surface area (Å²) in [5.74, 6) is -0.0560. The first-order valence-corrected chi connectivity index (χ1v) is 7.87. The molecule has 0 saturated heterocycles. The molecule has 1 aromatic carbocycles. The van der Waals surface area contributed by atoms with Crippen LogP contribution in [-0.2, 0) is 6.42 Å². The molecule has 5 heteroatoms. The van der Waals surface area contributed by atoms with E-state index in [1.807, 2.05) is 17.1 Å². The summed E-state index contributed by atoms with van der Waals surface area (Å²) in [7, 11) is 0. The van der Waals surface area contributed by atoms with Crippen molar-refractivity contribution in [2.24, 2.45) is 16.3 Å². The summed E-state index contributed by atoms with van der Waals surface area (Å²) >= 11 is 0. The van der Waals surface area contributed by atoms with E-state index in [0.717, 1.165) is 24.8 Å². The van der Waals surface area contributed by atoms with Gasteiger partial charge in [-0.3, -0.25) is 4.99 Å². The second kappa shape index (κ2) is 5.63. The maximum absolute atomic E-state index is 13.1. The number of hydrogen-bond donors (Lipinski definition) is 2. The summed E-state index contributed by atoms with van der Waals surface area (Å²) in [5, 5.41) is 13.4. The molecule has 1 aliphatic carbocycles. The second-order valence-electron chi connectivity index (χ2n) is 7.15.